The van der Waals surface area contributed by atoms with Crippen LogP contribution in [0, 0.1) is 0 Å². The Morgan fingerprint density at radius 1 is 1.15 bits per heavy atom. The number of nitrogens with zero attached hydrogens (tertiary/aromatic N) is 4. The number of halogens is 2. The molecular formula is C19H26Cl2N4O2. The zero-order valence-corrected chi connectivity index (χ0v) is 17.5. The third-order valence-corrected chi connectivity index (χ3v) is 6.40. The number of fused-ring (bicyclic) bond motifs is 3. The molecule has 4 rings (SSSR count). The minimum atomic E-state index is -0.469. The summed E-state index contributed by atoms with van der Waals surface area (Å²) in [5.41, 5.74) is 0.494. The van der Waals surface area contributed by atoms with E-state index in [1.165, 1.54) is 0 Å². The van der Waals surface area contributed by atoms with Gasteiger partial charge in [0.1, 0.15) is 5.60 Å². The summed E-state index contributed by atoms with van der Waals surface area (Å²) in [6.07, 6.45) is 4.59. The van der Waals surface area contributed by atoms with Crippen LogP contribution >= 0.6 is 23.2 Å². The summed E-state index contributed by atoms with van der Waals surface area (Å²) in [7, 11) is 0. The van der Waals surface area contributed by atoms with Gasteiger partial charge in [-0.05, 0) is 58.9 Å². The molecule has 0 aliphatic carbocycles. The SMILES string of the molecule is CC(C)(C)OC(=O)N1[C@H]2CC[C@H]1CC(N1CC[C@H](Cl)c3cc(Cl)nnc31)C2. The first-order valence-corrected chi connectivity index (χ1v) is 10.5. The molecule has 0 aromatic carbocycles. The highest BCUT2D eigenvalue weighted by molar-refractivity contribution is 6.29. The monoisotopic (exact) mass is 412 g/mol. The van der Waals surface area contributed by atoms with Crippen LogP contribution in [0.4, 0.5) is 10.6 Å². The second kappa shape index (κ2) is 6.96. The molecule has 27 heavy (non-hydrogen) atoms. The number of anilines is 1. The van der Waals surface area contributed by atoms with Crippen molar-refractivity contribution in [2.24, 2.45) is 0 Å². The maximum atomic E-state index is 12.7. The Morgan fingerprint density at radius 2 is 1.81 bits per heavy atom. The quantitative estimate of drug-likeness (QED) is 0.633. The molecule has 1 amide bonds. The van der Waals surface area contributed by atoms with Crippen molar-refractivity contribution < 1.29 is 9.53 Å². The number of carbonyl (C=O) groups excluding carboxylic acids is 1. The Morgan fingerprint density at radius 3 is 2.44 bits per heavy atom. The lowest BCUT2D eigenvalue weighted by Crippen LogP contribution is -2.54. The molecule has 2 fully saturated rings. The average Bonchev–Trinajstić information content (AvgIpc) is 2.85. The second-order valence-electron chi connectivity index (χ2n) is 8.79. The van der Waals surface area contributed by atoms with E-state index < -0.39 is 5.60 Å². The van der Waals surface area contributed by atoms with Gasteiger partial charge in [0.2, 0.25) is 0 Å². The van der Waals surface area contributed by atoms with Crippen LogP contribution in [-0.2, 0) is 4.74 Å². The summed E-state index contributed by atoms with van der Waals surface area (Å²) in [4.78, 5) is 17.0. The first-order chi connectivity index (χ1) is 12.7. The van der Waals surface area contributed by atoms with Gasteiger partial charge in [0.25, 0.3) is 0 Å². The minimum Gasteiger partial charge on any atom is -0.444 e. The largest absolute Gasteiger partial charge is 0.444 e. The number of piperidine rings is 1. The Hall–Kier alpha value is -1.27. The molecule has 2 bridgehead atoms. The van der Waals surface area contributed by atoms with Crippen LogP contribution < -0.4 is 4.90 Å². The van der Waals surface area contributed by atoms with Crippen LogP contribution in [-0.4, -0.2) is 51.5 Å². The van der Waals surface area contributed by atoms with Gasteiger partial charge in [0.05, 0.1) is 5.38 Å². The van der Waals surface area contributed by atoms with Crippen LogP contribution in [0.5, 0.6) is 0 Å². The molecule has 0 radical (unpaired) electrons. The van der Waals surface area contributed by atoms with Gasteiger partial charge in [0.15, 0.2) is 11.0 Å². The van der Waals surface area contributed by atoms with Gasteiger partial charge in [-0.1, -0.05) is 11.6 Å². The molecule has 8 heteroatoms. The molecule has 1 aromatic heterocycles. The first-order valence-electron chi connectivity index (χ1n) is 9.68. The molecular weight excluding hydrogens is 387 g/mol. The highest BCUT2D eigenvalue weighted by atomic mass is 35.5. The Balaban J connectivity index is 1.53. The maximum absolute atomic E-state index is 12.7. The second-order valence-corrected chi connectivity index (χ2v) is 9.71. The van der Waals surface area contributed by atoms with E-state index in [1.54, 1.807) is 0 Å². The van der Waals surface area contributed by atoms with Gasteiger partial charge in [0, 0.05) is 30.2 Å². The molecule has 3 atom stereocenters. The van der Waals surface area contributed by atoms with E-state index in [4.69, 9.17) is 27.9 Å². The van der Waals surface area contributed by atoms with Crippen molar-refractivity contribution in [1.82, 2.24) is 15.1 Å². The van der Waals surface area contributed by atoms with Crippen molar-refractivity contribution in [2.75, 3.05) is 11.4 Å². The van der Waals surface area contributed by atoms with E-state index in [0.717, 1.165) is 50.0 Å². The normalized spacial score (nSPS) is 30.3. The molecule has 4 heterocycles. The van der Waals surface area contributed by atoms with Gasteiger partial charge >= 0.3 is 6.09 Å². The van der Waals surface area contributed by atoms with Crippen molar-refractivity contribution in [3.05, 3.63) is 16.8 Å². The smallest absolute Gasteiger partial charge is 0.410 e. The molecule has 3 aliphatic rings. The van der Waals surface area contributed by atoms with E-state index in [-0.39, 0.29) is 23.6 Å². The first kappa shape index (κ1) is 19.1. The number of rotatable bonds is 1. The van der Waals surface area contributed by atoms with Gasteiger partial charge in [-0.3, -0.25) is 0 Å². The molecule has 148 valence electrons. The van der Waals surface area contributed by atoms with Crippen LogP contribution in [0.15, 0.2) is 6.07 Å². The number of aromatic nitrogens is 2. The van der Waals surface area contributed by atoms with E-state index in [1.807, 2.05) is 31.7 Å². The van der Waals surface area contributed by atoms with Crippen molar-refractivity contribution >= 4 is 35.1 Å². The summed E-state index contributed by atoms with van der Waals surface area (Å²) < 4.78 is 5.64. The summed E-state index contributed by atoms with van der Waals surface area (Å²) in [5.74, 6) is 0.848. The fourth-order valence-electron chi connectivity index (χ4n) is 4.71. The number of alkyl halides is 1. The molecule has 0 spiro atoms. The third kappa shape index (κ3) is 3.70. The van der Waals surface area contributed by atoms with Crippen molar-refractivity contribution in [3.63, 3.8) is 0 Å². The summed E-state index contributed by atoms with van der Waals surface area (Å²) >= 11 is 12.5. The predicted molar refractivity (Wildman–Crippen MR) is 106 cm³/mol. The van der Waals surface area contributed by atoms with Crippen LogP contribution in [0.1, 0.15) is 63.8 Å². The topological polar surface area (TPSA) is 58.6 Å². The lowest BCUT2D eigenvalue weighted by atomic mass is 9.93. The van der Waals surface area contributed by atoms with Gasteiger partial charge in [-0.25, -0.2) is 4.79 Å². The van der Waals surface area contributed by atoms with Crippen molar-refractivity contribution in [2.45, 2.75) is 82.0 Å². The fraction of sp³-hybridized carbons (Fsp3) is 0.737. The van der Waals surface area contributed by atoms with Gasteiger partial charge in [-0.15, -0.1) is 21.8 Å². The molecule has 0 N–H and O–H groups in total. The van der Waals surface area contributed by atoms with E-state index in [0.29, 0.717) is 11.2 Å². The maximum Gasteiger partial charge on any atom is 0.410 e. The molecule has 6 nitrogen and oxygen atoms in total. The molecule has 2 saturated heterocycles. The molecule has 0 saturated carbocycles. The van der Waals surface area contributed by atoms with Crippen LogP contribution in [0.3, 0.4) is 0 Å². The van der Waals surface area contributed by atoms with Crippen LogP contribution in [0.25, 0.3) is 0 Å². The molecule has 3 aliphatic heterocycles. The standard InChI is InChI=1S/C19H26Cl2N4O2/c1-19(2,3)27-18(26)25-11-4-5-12(25)9-13(8-11)24-7-6-15(20)14-10-16(21)22-23-17(14)24/h10-13,15H,4-9H2,1-3H3/t11-,12-,15-/m0/s1. The highest BCUT2D eigenvalue weighted by Crippen LogP contribution is 2.43. The van der Waals surface area contributed by atoms with Gasteiger partial charge < -0.3 is 14.5 Å². The Kier molecular flexibility index (Phi) is 4.91. The van der Waals surface area contributed by atoms with Crippen LogP contribution in [0.2, 0.25) is 5.15 Å². The van der Waals surface area contributed by atoms with E-state index in [9.17, 15) is 4.79 Å². The van der Waals surface area contributed by atoms with E-state index in [2.05, 4.69) is 15.1 Å². The number of amides is 1. The lowest BCUT2D eigenvalue weighted by Gasteiger charge is -2.45. The van der Waals surface area contributed by atoms with E-state index >= 15 is 0 Å². The number of hydrogen-bond donors (Lipinski definition) is 0. The summed E-state index contributed by atoms with van der Waals surface area (Å²) in [6.45, 7) is 6.60. The van der Waals surface area contributed by atoms with Crippen molar-refractivity contribution in [3.8, 4) is 0 Å². The summed E-state index contributed by atoms with van der Waals surface area (Å²) in [6, 6.07) is 2.61. The van der Waals surface area contributed by atoms with Gasteiger partial charge in [-0.2, -0.15) is 0 Å². The fourth-order valence-corrected chi connectivity index (χ4v) is 5.13. The minimum absolute atomic E-state index is 0.0807. The predicted octanol–water partition coefficient (Wildman–Crippen LogP) is 4.55. The molecule has 1 aromatic rings. The zero-order valence-electron chi connectivity index (χ0n) is 16.0. The number of hydrogen-bond acceptors (Lipinski definition) is 5. The molecule has 0 unspecified atom stereocenters. The zero-order chi connectivity index (χ0) is 19.3. The third-order valence-electron chi connectivity index (χ3n) is 5.76. The average molecular weight is 413 g/mol. The number of carbonyl (C=O) groups is 1. The Bertz CT molecular complexity index is 725. The lowest BCUT2D eigenvalue weighted by molar-refractivity contribution is 0.00576. The summed E-state index contributed by atoms with van der Waals surface area (Å²) in [5, 5.41) is 8.69. The van der Waals surface area contributed by atoms with Crippen molar-refractivity contribution in [1.29, 1.82) is 0 Å². The Labute approximate surface area is 170 Å². The number of ether oxygens (including phenoxy) is 1. The highest BCUT2D eigenvalue weighted by Gasteiger charge is 2.47.